The normalized spacial score (nSPS) is 12.8. The minimum atomic E-state index is 0.627. The van der Waals surface area contributed by atoms with E-state index >= 15 is 0 Å². The van der Waals surface area contributed by atoms with Crippen molar-refractivity contribution < 1.29 is 4.42 Å². The lowest BCUT2D eigenvalue weighted by Gasteiger charge is -2.18. The number of furan rings is 1. The first-order chi connectivity index (χ1) is 25.8. The minimum Gasteiger partial charge on any atom is -0.456 e. The highest BCUT2D eigenvalue weighted by Crippen LogP contribution is 2.43. The standard InChI is InChI=1S/C47H29N3OS/c1-2-12-28(13-3-1)45-48-46(50-47(49-45)38-26-29-14-4-5-15-31(29)33-16-6-7-17-34(33)38)37-21-11-22-41-43(37)39-27-30(24-25-40(39)51-41)32-19-10-20-36-35-18-8-9-23-42(35)52-44(32)36/h1-6,8-16,18-27H,7,17H2. The van der Waals surface area contributed by atoms with Crippen LogP contribution in [0.15, 0.2) is 150 Å². The van der Waals surface area contributed by atoms with Crippen molar-refractivity contribution in [2.45, 2.75) is 12.8 Å². The van der Waals surface area contributed by atoms with Gasteiger partial charge in [-0.3, -0.25) is 0 Å². The summed E-state index contributed by atoms with van der Waals surface area (Å²) >= 11 is 1.85. The van der Waals surface area contributed by atoms with Gasteiger partial charge in [0.15, 0.2) is 17.5 Å². The van der Waals surface area contributed by atoms with Crippen molar-refractivity contribution >= 4 is 70.3 Å². The second-order valence-electron chi connectivity index (χ2n) is 13.4. The Labute approximate surface area is 303 Å². The predicted molar refractivity (Wildman–Crippen MR) is 217 cm³/mol. The zero-order chi connectivity index (χ0) is 34.2. The molecule has 5 heteroatoms. The van der Waals surface area contributed by atoms with Gasteiger partial charge < -0.3 is 4.42 Å². The van der Waals surface area contributed by atoms with Crippen molar-refractivity contribution in [3.05, 3.63) is 157 Å². The van der Waals surface area contributed by atoms with E-state index in [2.05, 4.69) is 121 Å². The van der Waals surface area contributed by atoms with Gasteiger partial charge in [-0.15, -0.1) is 11.3 Å². The van der Waals surface area contributed by atoms with Crippen LogP contribution in [0.4, 0.5) is 0 Å². The molecule has 10 aromatic rings. The van der Waals surface area contributed by atoms with E-state index in [9.17, 15) is 0 Å². The summed E-state index contributed by atoms with van der Waals surface area (Å²) < 4.78 is 9.10. The molecule has 0 aliphatic heterocycles. The number of thiophene rings is 1. The molecule has 4 nitrogen and oxygen atoms in total. The molecule has 0 spiro atoms. The predicted octanol–water partition coefficient (Wildman–Crippen LogP) is 12.9. The summed E-state index contributed by atoms with van der Waals surface area (Å²) in [5.74, 6) is 1.96. The molecule has 0 atom stereocenters. The fourth-order valence-electron chi connectivity index (χ4n) is 7.99. The minimum absolute atomic E-state index is 0.627. The molecule has 1 aliphatic carbocycles. The van der Waals surface area contributed by atoms with Crippen molar-refractivity contribution in [2.24, 2.45) is 0 Å². The zero-order valence-corrected chi connectivity index (χ0v) is 28.8. The molecule has 0 N–H and O–H groups in total. The monoisotopic (exact) mass is 683 g/mol. The smallest absolute Gasteiger partial charge is 0.164 e. The average molecular weight is 684 g/mol. The van der Waals surface area contributed by atoms with Crippen molar-refractivity contribution in [1.82, 2.24) is 15.0 Å². The molecule has 3 aromatic heterocycles. The number of benzene rings is 7. The summed E-state index contributed by atoms with van der Waals surface area (Å²) in [5.41, 5.74) is 9.48. The van der Waals surface area contributed by atoms with Gasteiger partial charge in [0.05, 0.1) is 0 Å². The van der Waals surface area contributed by atoms with Crippen LogP contribution in [0.3, 0.4) is 0 Å². The maximum absolute atomic E-state index is 6.52. The maximum atomic E-state index is 6.52. The fraction of sp³-hybridized carbons (Fsp3) is 0.0426. The lowest BCUT2D eigenvalue weighted by Crippen LogP contribution is -2.05. The molecule has 0 amide bonds. The molecule has 0 radical (unpaired) electrons. The van der Waals surface area contributed by atoms with E-state index in [0.29, 0.717) is 17.5 Å². The van der Waals surface area contributed by atoms with Crippen molar-refractivity contribution in [3.8, 4) is 45.3 Å². The van der Waals surface area contributed by atoms with Crippen LogP contribution in [-0.4, -0.2) is 15.0 Å². The molecular formula is C47H29N3OS. The summed E-state index contributed by atoms with van der Waals surface area (Å²) in [7, 11) is 0. The Morgan fingerprint density at radius 2 is 1.27 bits per heavy atom. The highest BCUT2D eigenvalue weighted by Gasteiger charge is 2.22. The van der Waals surface area contributed by atoms with Gasteiger partial charge in [0.1, 0.15) is 11.2 Å². The van der Waals surface area contributed by atoms with Crippen molar-refractivity contribution in [3.63, 3.8) is 0 Å². The fourth-order valence-corrected chi connectivity index (χ4v) is 9.23. The number of aromatic nitrogens is 3. The average Bonchev–Trinajstić information content (AvgIpc) is 3.79. The molecule has 52 heavy (non-hydrogen) atoms. The van der Waals surface area contributed by atoms with E-state index < -0.39 is 0 Å². The Kier molecular flexibility index (Phi) is 6.51. The second-order valence-corrected chi connectivity index (χ2v) is 14.5. The lowest BCUT2D eigenvalue weighted by atomic mass is 9.88. The molecule has 1 aliphatic rings. The van der Waals surface area contributed by atoms with Gasteiger partial charge in [-0.05, 0) is 76.2 Å². The number of allylic oxidation sites excluding steroid dienone is 1. The van der Waals surface area contributed by atoms with Crippen molar-refractivity contribution in [1.29, 1.82) is 0 Å². The van der Waals surface area contributed by atoms with Gasteiger partial charge in [0.25, 0.3) is 0 Å². The summed E-state index contributed by atoms with van der Waals surface area (Å²) in [6, 6.07) is 49.1. The Bertz CT molecular complexity index is 3080. The Balaban J connectivity index is 1.15. The van der Waals surface area contributed by atoms with Gasteiger partial charge in [0.2, 0.25) is 0 Å². The Morgan fingerprint density at radius 1 is 0.519 bits per heavy atom. The molecule has 0 bridgehead atoms. The van der Waals surface area contributed by atoms with E-state index in [1.807, 2.05) is 41.7 Å². The molecule has 0 saturated carbocycles. The third kappa shape index (κ3) is 4.56. The Morgan fingerprint density at radius 3 is 2.19 bits per heavy atom. The molecule has 3 heterocycles. The first kappa shape index (κ1) is 29.3. The molecule has 7 aromatic carbocycles. The first-order valence-electron chi connectivity index (χ1n) is 17.7. The molecule has 0 unspecified atom stereocenters. The van der Waals surface area contributed by atoms with Gasteiger partial charge in [-0.25, -0.2) is 15.0 Å². The van der Waals surface area contributed by atoms with Crippen LogP contribution in [-0.2, 0) is 6.42 Å². The van der Waals surface area contributed by atoms with Gasteiger partial charge >= 0.3 is 0 Å². The van der Waals surface area contributed by atoms with E-state index in [1.54, 1.807) is 0 Å². The number of hydrogen-bond donors (Lipinski definition) is 0. The largest absolute Gasteiger partial charge is 0.456 e. The van der Waals surface area contributed by atoms with Crippen LogP contribution in [0, 0.1) is 0 Å². The highest BCUT2D eigenvalue weighted by molar-refractivity contribution is 7.26. The van der Waals surface area contributed by atoms with Gasteiger partial charge in [-0.1, -0.05) is 121 Å². The second kappa shape index (κ2) is 11.6. The van der Waals surface area contributed by atoms with Crippen LogP contribution in [0.2, 0.25) is 0 Å². The molecule has 0 saturated heterocycles. The van der Waals surface area contributed by atoms with Gasteiger partial charge in [0, 0.05) is 47.6 Å². The summed E-state index contributed by atoms with van der Waals surface area (Å²) in [4.78, 5) is 15.7. The topological polar surface area (TPSA) is 51.8 Å². The zero-order valence-electron chi connectivity index (χ0n) is 28.0. The van der Waals surface area contributed by atoms with Crippen LogP contribution in [0.1, 0.15) is 17.5 Å². The molecule has 244 valence electrons. The SMILES string of the molecule is C1=Cc2c(c(-c3nc(-c4ccccc4)nc(-c4cccc5oc6ccc(-c7cccc8c7sc7ccccc78)cc6c45)n3)cc3ccccc23)CC1. The molecule has 11 rings (SSSR count). The third-order valence-electron chi connectivity index (χ3n) is 10.4. The van der Waals surface area contributed by atoms with Crippen LogP contribution in [0.25, 0.3) is 104 Å². The van der Waals surface area contributed by atoms with Crippen LogP contribution in [0.5, 0.6) is 0 Å². The number of nitrogens with zero attached hydrogens (tertiary/aromatic N) is 3. The highest BCUT2D eigenvalue weighted by atomic mass is 32.1. The number of hydrogen-bond acceptors (Lipinski definition) is 5. The quantitative estimate of drug-likeness (QED) is 0.185. The third-order valence-corrected chi connectivity index (χ3v) is 11.6. The summed E-state index contributed by atoms with van der Waals surface area (Å²) in [6.45, 7) is 0. The molecular weight excluding hydrogens is 655 g/mol. The number of rotatable bonds is 4. The van der Waals surface area contributed by atoms with E-state index in [0.717, 1.165) is 57.0 Å². The summed E-state index contributed by atoms with van der Waals surface area (Å²) in [6.07, 6.45) is 6.46. The maximum Gasteiger partial charge on any atom is 0.164 e. The molecule has 0 fully saturated rings. The first-order valence-corrected chi connectivity index (χ1v) is 18.5. The van der Waals surface area contributed by atoms with E-state index in [-0.39, 0.29) is 0 Å². The van der Waals surface area contributed by atoms with Crippen LogP contribution >= 0.6 is 11.3 Å². The Hall–Kier alpha value is -6.43. The summed E-state index contributed by atoms with van der Waals surface area (Å²) in [5, 5.41) is 7.06. The van der Waals surface area contributed by atoms with Crippen LogP contribution < -0.4 is 0 Å². The van der Waals surface area contributed by atoms with Crippen molar-refractivity contribution in [2.75, 3.05) is 0 Å². The van der Waals surface area contributed by atoms with E-state index in [1.165, 1.54) is 47.6 Å². The van der Waals surface area contributed by atoms with Gasteiger partial charge in [-0.2, -0.15) is 0 Å². The lowest BCUT2D eigenvalue weighted by molar-refractivity contribution is 0.669. The number of fused-ring (bicyclic) bond motifs is 9. The van der Waals surface area contributed by atoms with E-state index in [4.69, 9.17) is 19.4 Å².